The lowest BCUT2D eigenvalue weighted by Crippen LogP contribution is -2.39. The molecule has 2 unspecified atom stereocenters. The van der Waals surface area contributed by atoms with Crippen LogP contribution in [0.25, 0.3) is 0 Å². The molecular formula is C11H18N4O. The largest absolute Gasteiger partial charge is 0.321 e. The van der Waals surface area contributed by atoms with Crippen LogP contribution in [0.4, 0.5) is 0 Å². The molecule has 5 heteroatoms. The van der Waals surface area contributed by atoms with E-state index in [-0.39, 0.29) is 5.78 Å². The number of aromatic nitrogens is 2. The number of hydrogen-bond donors (Lipinski definition) is 2. The minimum atomic E-state index is -0.824. The zero-order valence-electron chi connectivity index (χ0n) is 9.63. The second-order valence-electron chi connectivity index (χ2n) is 4.22. The van der Waals surface area contributed by atoms with E-state index in [1.165, 1.54) is 0 Å². The van der Waals surface area contributed by atoms with E-state index in [4.69, 9.17) is 11.5 Å². The number of rotatable bonds is 5. The molecule has 4 N–H and O–H groups in total. The molecular weight excluding hydrogens is 204 g/mol. The van der Waals surface area contributed by atoms with Crippen molar-refractivity contribution in [3.63, 3.8) is 0 Å². The summed E-state index contributed by atoms with van der Waals surface area (Å²) in [4.78, 5) is 19.7. The van der Waals surface area contributed by atoms with E-state index in [0.717, 1.165) is 0 Å². The first-order valence-electron chi connectivity index (χ1n) is 5.34. The molecule has 0 fully saturated rings. The fourth-order valence-corrected chi connectivity index (χ4v) is 1.45. The topological polar surface area (TPSA) is 94.9 Å². The smallest absolute Gasteiger partial charge is 0.173 e. The number of carbonyl (C=O) groups is 1. The van der Waals surface area contributed by atoms with Gasteiger partial charge in [0, 0.05) is 12.4 Å². The summed E-state index contributed by atoms with van der Waals surface area (Å²) in [5.41, 5.74) is 11.5. The average molecular weight is 222 g/mol. The monoisotopic (exact) mass is 222 g/mol. The fraction of sp³-hybridized carbons (Fsp3) is 0.545. The van der Waals surface area contributed by atoms with Crippen LogP contribution in [-0.4, -0.2) is 21.8 Å². The molecule has 0 aromatic carbocycles. The third-order valence-electron chi connectivity index (χ3n) is 2.26. The van der Waals surface area contributed by atoms with Gasteiger partial charge in [-0.2, -0.15) is 0 Å². The summed E-state index contributed by atoms with van der Waals surface area (Å²) in [7, 11) is 0. The maximum absolute atomic E-state index is 11.8. The number of carbonyl (C=O) groups excluding carboxylic acids is 1. The molecule has 0 spiro atoms. The van der Waals surface area contributed by atoms with E-state index in [2.05, 4.69) is 9.97 Å². The number of nitrogens with zero attached hydrogens (tertiary/aromatic N) is 2. The van der Waals surface area contributed by atoms with Gasteiger partial charge < -0.3 is 11.5 Å². The number of Topliss-reactive ketones (excluding diaryl/α,β-unsaturated/α-hetero) is 1. The highest BCUT2D eigenvalue weighted by molar-refractivity contribution is 5.88. The van der Waals surface area contributed by atoms with Crippen LogP contribution in [-0.2, 0) is 4.79 Å². The van der Waals surface area contributed by atoms with Crippen molar-refractivity contribution in [3.8, 4) is 0 Å². The van der Waals surface area contributed by atoms with Gasteiger partial charge in [0.15, 0.2) is 11.6 Å². The molecule has 1 aromatic rings. The Bertz CT molecular complexity index is 339. The minimum absolute atomic E-state index is 0.208. The first-order valence-corrected chi connectivity index (χ1v) is 5.34. The van der Waals surface area contributed by atoms with Gasteiger partial charge in [-0.15, -0.1) is 0 Å². The van der Waals surface area contributed by atoms with Crippen molar-refractivity contribution in [1.82, 2.24) is 9.97 Å². The Morgan fingerprint density at radius 3 is 2.38 bits per heavy atom. The van der Waals surface area contributed by atoms with Gasteiger partial charge in [0.25, 0.3) is 0 Å². The molecule has 16 heavy (non-hydrogen) atoms. The predicted molar refractivity (Wildman–Crippen MR) is 61.4 cm³/mol. The van der Waals surface area contributed by atoms with Crippen molar-refractivity contribution in [1.29, 1.82) is 0 Å². The van der Waals surface area contributed by atoms with Crippen LogP contribution in [0.2, 0.25) is 0 Å². The normalized spacial score (nSPS) is 14.8. The minimum Gasteiger partial charge on any atom is -0.321 e. The van der Waals surface area contributed by atoms with Crippen molar-refractivity contribution in [2.45, 2.75) is 32.4 Å². The van der Waals surface area contributed by atoms with Gasteiger partial charge >= 0.3 is 0 Å². The molecule has 88 valence electrons. The highest BCUT2D eigenvalue weighted by Gasteiger charge is 2.24. The molecule has 1 heterocycles. The second-order valence-corrected chi connectivity index (χ2v) is 4.22. The summed E-state index contributed by atoms with van der Waals surface area (Å²) in [5.74, 6) is 0.481. The quantitative estimate of drug-likeness (QED) is 0.752. The van der Waals surface area contributed by atoms with Gasteiger partial charge in [-0.05, 0) is 18.4 Å². The molecule has 1 rings (SSSR count). The van der Waals surface area contributed by atoms with Crippen molar-refractivity contribution < 1.29 is 4.79 Å². The Morgan fingerprint density at radius 2 is 1.88 bits per heavy atom. The molecule has 0 radical (unpaired) electrons. The lowest BCUT2D eigenvalue weighted by molar-refractivity contribution is -0.122. The van der Waals surface area contributed by atoms with E-state index in [9.17, 15) is 4.79 Å². The molecule has 0 aliphatic rings. The standard InChI is InChI=1S/C11H18N4O/c1-7(2)6-8(12)10(16)9(13)11-14-4-3-5-15-11/h3-5,7-9H,6,12-13H2,1-2H3. The van der Waals surface area contributed by atoms with Crippen molar-refractivity contribution in [3.05, 3.63) is 24.3 Å². The van der Waals surface area contributed by atoms with Gasteiger partial charge in [-0.1, -0.05) is 13.8 Å². The summed E-state index contributed by atoms with van der Waals surface area (Å²) in [6, 6.07) is 0.308. The molecule has 0 saturated heterocycles. The van der Waals surface area contributed by atoms with E-state index >= 15 is 0 Å². The lowest BCUT2D eigenvalue weighted by atomic mass is 9.97. The van der Waals surface area contributed by atoms with Gasteiger partial charge in [-0.3, -0.25) is 4.79 Å². The summed E-state index contributed by atoms with van der Waals surface area (Å²) in [5, 5.41) is 0. The molecule has 0 saturated carbocycles. The van der Waals surface area contributed by atoms with E-state index in [1.54, 1.807) is 18.5 Å². The van der Waals surface area contributed by atoms with Gasteiger partial charge in [0.2, 0.25) is 0 Å². The Hall–Kier alpha value is -1.33. The van der Waals surface area contributed by atoms with Gasteiger partial charge in [0.1, 0.15) is 6.04 Å². The van der Waals surface area contributed by atoms with Gasteiger partial charge in [-0.25, -0.2) is 9.97 Å². The van der Waals surface area contributed by atoms with Crippen LogP contribution in [0.1, 0.15) is 32.1 Å². The molecule has 2 atom stereocenters. The van der Waals surface area contributed by atoms with Crippen LogP contribution in [0.15, 0.2) is 18.5 Å². The molecule has 0 aliphatic heterocycles. The van der Waals surface area contributed by atoms with E-state index in [1.807, 2.05) is 13.8 Å². The Morgan fingerprint density at radius 1 is 1.31 bits per heavy atom. The predicted octanol–water partition coefficient (Wildman–Crippen LogP) is 0.419. The zero-order valence-corrected chi connectivity index (χ0v) is 9.63. The van der Waals surface area contributed by atoms with Crippen LogP contribution < -0.4 is 11.5 Å². The van der Waals surface area contributed by atoms with Crippen LogP contribution in [0.5, 0.6) is 0 Å². The van der Waals surface area contributed by atoms with Crippen molar-refractivity contribution in [2.75, 3.05) is 0 Å². The highest BCUT2D eigenvalue weighted by atomic mass is 16.1. The third-order valence-corrected chi connectivity index (χ3v) is 2.26. The van der Waals surface area contributed by atoms with Crippen LogP contribution >= 0.6 is 0 Å². The molecule has 0 aliphatic carbocycles. The highest BCUT2D eigenvalue weighted by Crippen LogP contribution is 2.11. The van der Waals surface area contributed by atoms with E-state index < -0.39 is 12.1 Å². The summed E-state index contributed by atoms with van der Waals surface area (Å²) >= 11 is 0. The summed E-state index contributed by atoms with van der Waals surface area (Å²) < 4.78 is 0. The molecule has 0 amide bonds. The fourth-order valence-electron chi connectivity index (χ4n) is 1.45. The first-order chi connectivity index (χ1) is 7.52. The number of hydrogen-bond acceptors (Lipinski definition) is 5. The maximum Gasteiger partial charge on any atom is 0.173 e. The molecule has 0 bridgehead atoms. The Labute approximate surface area is 95.3 Å². The summed E-state index contributed by atoms with van der Waals surface area (Å²) in [6.07, 6.45) is 3.74. The average Bonchev–Trinajstić information content (AvgIpc) is 2.27. The summed E-state index contributed by atoms with van der Waals surface area (Å²) in [6.45, 7) is 4.02. The van der Waals surface area contributed by atoms with Crippen LogP contribution in [0, 0.1) is 5.92 Å². The second kappa shape index (κ2) is 5.67. The lowest BCUT2D eigenvalue weighted by Gasteiger charge is -2.16. The molecule has 5 nitrogen and oxygen atoms in total. The number of nitrogens with two attached hydrogens (primary N) is 2. The van der Waals surface area contributed by atoms with E-state index in [0.29, 0.717) is 18.2 Å². The Balaban J connectivity index is 2.67. The maximum atomic E-state index is 11.8. The Kier molecular flexibility index (Phi) is 4.52. The third kappa shape index (κ3) is 3.36. The van der Waals surface area contributed by atoms with Crippen LogP contribution in [0.3, 0.4) is 0 Å². The van der Waals surface area contributed by atoms with Crippen molar-refractivity contribution in [2.24, 2.45) is 17.4 Å². The SMILES string of the molecule is CC(C)CC(N)C(=O)C(N)c1ncccn1. The van der Waals surface area contributed by atoms with Crippen molar-refractivity contribution >= 4 is 5.78 Å². The first kappa shape index (κ1) is 12.7. The van der Waals surface area contributed by atoms with Gasteiger partial charge in [0.05, 0.1) is 6.04 Å². The molecule has 1 aromatic heterocycles. The number of ketones is 1. The zero-order chi connectivity index (χ0) is 12.1.